The van der Waals surface area contributed by atoms with Crippen molar-refractivity contribution >= 4 is 6.09 Å². The van der Waals surface area contributed by atoms with Gasteiger partial charge in [-0.25, -0.2) is 13.6 Å². The second kappa shape index (κ2) is 7.41. The molecule has 0 spiro atoms. The van der Waals surface area contributed by atoms with E-state index in [2.05, 4.69) is 10.2 Å². The number of ether oxygens (including phenoxy) is 1. The molecule has 3 aliphatic heterocycles. The second-order valence-electron chi connectivity index (χ2n) is 8.36. The molecule has 2 atom stereocenters. The molecule has 4 aliphatic rings. The number of rotatable bonds is 3. The van der Waals surface area contributed by atoms with E-state index in [1.54, 1.807) is 0 Å². The van der Waals surface area contributed by atoms with E-state index in [4.69, 9.17) is 4.74 Å². The minimum Gasteiger partial charge on any atom is -0.445 e. The molecule has 4 nitrogen and oxygen atoms in total. The van der Waals surface area contributed by atoms with E-state index in [1.165, 1.54) is 12.1 Å². The average molecular weight is 398 g/mol. The van der Waals surface area contributed by atoms with Gasteiger partial charge in [0.2, 0.25) is 0 Å². The Morgan fingerprint density at radius 3 is 2.62 bits per heavy atom. The molecule has 0 aromatic heterocycles. The Labute approximate surface area is 168 Å². The molecule has 29 heavy (non-hydrogen) atoms. The molecule has 2 aromatic carbocycles. The first-order chi connectivity index (χ1) is 14.1. The van der Waals surface area contributed by atoms with Crippen LogP contribution in [0, 0.1) is 17.6 Å². The van der Waals surface area contributed by atoms with Gasteiger partial charge in [-0.2, -0.15) is 0 Å². The topological polar surface area (TPSA) is 41.6 Å². The van der Waals surface area contributed by atoms with Gasteiger partial charge >= 0.3 is 6.09 Å². The van der Waals surface area contributed by atoms with Crippen molar-refractivity contribution in [2.75, 3.05) is 19.6 Å². The van der Waals surface area contributed by atoms with Crippen molar-refractivity contribution in [2.45, 2.75) is 37.8 Å². The number of amides is 1. The highest BCUT2D eigenvalue weighted by atomic mass is 19.1. The van der Waals surface area contributed by atoms with Gasteiger partial charge in [0.25, 0.3) is 0 Å². The van der Waals surface area contributed by atoms with E-state index in [0.29, 0.717) is 11.5 Å². The number of carbonyl (C=O) groups is 1. The van der Waals surface area contributed by atoms with Crippen molar-refractivity contribution in [1.82, 2.24) is 10.2 Å². The smallest absolute Gasteiger partial charge is 0.407 e. The summed E-state index contributed by atoms with van der Waals surface area (Å²) in [6.45, 7) is 3.06. The molecule has 3 fully saturated rings. The quantitative estimate of drug-likeness (QED) is 0.831. The number of carbonyl (C=O) groups excluding carboxylic acids is 1. The molecule has 1 unspecified atom stereocenters. The van der Waals surface area contributed by atoms with Gasteiger partial charge in [-0.15, -0.1) is 0 Å². The van der Waals surface area contributed by atoms with Crippen molar-refractivity contribution in [2.24, 2.45) is 5.92 Å². The predicted octanol–water partition coefficient (Wildman–Crippen LogP) is 4.44. The average Bonchev–Trinajstić information content (AvgIpc) is 3.11. The van der Waals surface area contributed by atoms with Crippen LogP contribution in [0.5, 0.6) is 0 Å². The lowest BCUT2D eigenvalue weighted by Crippen LogP contribution is -2.52. The summed E-state index contributed by atoms with van der Waals surface area (Å²) < 4.78 is 33.0. The Morgan fingerprint density at radius 2 is 1.90 bits per heavy atom. The Morgan fingerprint density at radius 1 is 1.07 bits per heavy atom. The summed E-state index contributed by atoms with van der Waals surface area (Å²) in [6.07, 6.45) is 3.44. The van der Waals surface area contributed by atoms with Crippen LogP contribution in [0.15, 0.2) is 36.4 Å². The van der Waals surface area contributed by atoms with Crippen molar-refractivity contribution in [3.05, 3.63) is 59.2 Å². The SMILES string of the molecule is O=C(NC1CCc2cc(-c3ccc(F)cc3F)ccc21)O[C@H]1CN2CCC1CC2. The van der Waals surface area contributed by atoms with E-state index in [9.17, 15) is 13.6 Å². The number of nitrogens with one attached hydrogen (secondary N) is 1. The van der Waals surface area contributed by atoms with Gasteiger partial charge in [-0.3, -0.25) is 4.90 Å². The maximum absolute atomic E-state index is 14.1. The number of hydrogen-bond donors (Lipinski definition) is 1. The minimum atomic E-state index is -0.585. The Kier molecular flexibility index (Phi) is 4.74. The molecule has 1 amide bonds. The predicted molar refractivity (Wildman–Crippen MR) is 105 cm³/mol. The molecule has 6 heteroatoms. The fourth-order valence-corrected chi connectivity index (χ4v) is 5.02. The van der Waals surface area contributed by atoms with Gasteiger partial charge in [-0.05, 0) is 73.5 Å². The molecule has 1 aliphatic carbocycles. The molecule has 1 N–H and O–H groups in total. The van der Waals surface area contributed by atoms with E-state index < -0.39 is 11.6 Å². The standard InChI is InChI=1S/C23H24F2N2O2/c24-17-3-5-18(20(25)12-17)15-1-4-19-16(11-15)2-6-21(19)26-23(28)29-22-13-27-9-7-14(22)8-10-27/h1,3-5,11-12,14,21-22H,2,6-10,13H2,(H,26,28)/t21?,22-/m0/s1. The number of piperidine rings is 3. The third-order valence-corrected chi connectivity index (χ3v) is 6.61. The highest BCUT2D eigenvalue weighted by molar-refractivity contribution is 5.70. The molecule has 0 saturated carbocycles. The van der Waals surface area contributed by atoms with Crippen LogP contribution in [0.3, 0.4) is 0 Å². The zero-order chi connectivity index (χ0) is 20.0. The van der Waals surface area contributed by atoms with E-state index in [0.717, 1.165) is 68.1 Å². The van der Waals surface area contributed by atoms with Crippen LogP contribution >= 0.6 is 0 Å². The number of halogens is 2. The van der Waals surface area contributed by atoms with E-state index in [1.807, 2.05) is 18.2 Å². The highest BCUT2D eigenvalue weighted by Crippen LogP contribution is 2.35. The molecule has 3 heterocycles. The first-order valence-electron chi connectivity index (χ1n) is 10.3. The van der Waals surface area contributed by atoms with Crippen LogP contribution in [0.4, 0.5) is 13.6 Å². The maximum atomic E-state index is 14.1. The number of fused-ring (bicyclic) bond motifs is 4. The summed E-state index contributed by atoms with van der Waals surface area (Å²) in [7, 11) is 0. The van der Waals surface area contributed by atoms with Gasteiger partial charge in [0.1, 0.15) is 17.7 Å². The molecular weight excluding hydrogens is 374 g/mol. The summed E-state index contributed by atoms with van der Waals surface area (Å²) in [5.74, 6) is -0.674. The van der Waals surface area contributed by atoms with Crippen LogP contribution in [0.25, 0.3) is 11.1 Å². The number of benzene rings is 2. The fourth-order valence-electron chi connectivity index (χ4n) is 5.02. The van der Waals surface area contributed by atoms with Gasteiger partial charge in [0, 0.05) is 18.2 Å². The molecule has 3 saturated heterocycles. The molecule has 2 aromatic rings. The molecule has 6 rings (SSSR count). The largest absolute Gasteiger partial charge is 0.445 e. The summed E-state index contributed by atoms with van der Waals surface area (Å²) >= 11 is 0. The fraction of sp³-hybridized carbons (Fsp3) is 0.435. The van der Waals surface area contributed by atoms with E-state index in [-0.39, 0.29) is 18.2 Å². The van der Waals surface area contributed by atoms with Crippen LogP contribution in [-0.4, -0.2) is 36.7 Å². The lowest BCUT2D eigenvalue weighted by Gasteiger charge is -2.43. The third-order valence-electron chi connectivity index (χ3n) is 6.61. The normalized spacial score (nSPS) is 27.5. The Bertz CT molecular complexity index is 940. The second-order valence-corrected chi connectivity index (χ2v) is 8.36. The Hall–Kier alpha value is -2.47. The monoisotopic (exact) mass is 398 g/mol. The van der Waals surface area contributed by atoms with Crippen molar-refractivity contribution in [3.63, 3.8) is 0 Å². The van der Waals surface area contributed by atoms with Crippen LogP contribution < -0.4 is 5.32 Å². The summed E-state index contributed by atoms with van der Waals surface area (Å²) in [6, 6.07) is 9.23. The summed E-state index contributed by atoms with van der Waals surface area (Å²) in [4.78, 5) is 14.8. The minimum absolute atomic E-state index is 0.0119. The summed E-state index contributed by atoms with van der Waals surface area (Å²) in [5.41, 5.74) is 3.23. The van der Waals surface area contributed by atoms with Crippen LogP contribution in [0.2, 0.25) is 0 Å². The van der Waals surface area contributed by atoms with Crippen molar-refractivity contribution in [3.8, 4) is 11.1 Å². The third kappa shape index (κ3) is 3.62. The Balaban J connectivity index is 1.27. The summed E-state index contributed by atoms with van der Waals surface area (Å²) in [5, 5.41) is 3.02. The van der Waals surface area contributed by atoms with Crippen molar-refractivity contribution < 1.29 is 18.3 Å². The lowest BCUT2D eigenvalue weighted by molar-refractivity contribution is -0.0339. The van der Waals surface area contributed by atoms with E-state index >= 15 is 0 Å². The van der Waals surface area contributed by atoms with Crippen molar-refractivity contribution in [1.29, 1.82) is 0 Å². The lowest BCUT2D eigenvalue weighted by atomic mass is 9.86. The number of alkyl carbamates (subject to hydrolysis) is 1. The molecular formula is C23H24F2N2O2. The van der Waals surface area contributed by atoms with Gasteiger partial charge < -0.3 is 10.1 Å². The highest BCUT2D eigenvalue weighted by Gasteiger charge is 2.37. The zero-order valence-electron chi connectivity index (χ0n) is 16.2. The molecule has 2 bridgehead atoms. The van der Waals surface area contributed by atoms with Crippen LogP contribution in [0.1, 0.15) is 36.4 Å². The first-order valence-corrected chi connectivity index (χ1v) is 10.3. The molecule has 0 radical (unpaired) electrons. The van der Waals surface area contributed by atoms with Gasteiger partial charge in [0.15, 0.2) is 0 Å². The van der Waals surface area contributed by atoms with Crippen LogP contribution in [-0.2, 0) is 11.2 Å². The number of nitrogens with zero attached hydrogens (tertiary/aromatic N) is 1. The maximum Gasteiger partial charge on any atom is 0.407 e. The molecule has 152 valence electrons. The number of aryl methyl sites for hydroxylation is 1. The zero-order valence-corrected chi connectivity index (χ0v) is 16.2. The van der Waals surface area contributed by atoms with Gasteiger partial charge in [-0.1, -0.05) is 18.2 Å². The first kappa shape index (κ1) is 18.6. The van der Waals surface area contributed by atoms with Gasteiger partial charge in [0.05, 0.1) is 6.04 Å². The number of hydrogen-bond acceptors (Lipinski definition) is 3.